The van der Waals surface area contributed by atoms with E-state index in [1.807, 2.05) is 11.8 Å². The zero-order chi connectivity index (χ0) is 23.1. The molecule has 3 aliphatic heterocycles. The van der Waals surface area contributed by atoms with E-state index >= 15 is 0 Å². The minimum Gasteiger partial charge on any atom is -0.325 e. The van der Waals surface area contributed by atoms with Gasteiger partial charge in [-0.1, -0.05) is 24.3 Å². The van der Waals surface area contributed by atoms with E-state index in [0.717, 1.165) is 30.7 Å². The van der Waals surface area contributed by atoms with Crippen molar-refractivity contribution >= 4 is 47.6 Å². The molecule has 3 atom stereocenters. The number of rotatable bonds is 6. The Kier molecular flexibility index (Phi) is 8.99. The number of nitrogens with zero attached hydrogens (tertiary/aromatic N) is 3. The standard InChI is InChI=1S/C29H38N4S.2ClH/c1-21-31-27-8-3-4-9-28(27)33(21)25-19-23-10-11-24(20-25)32(23)17-14-29(12-15-30-16-13-29)22-6-5-7-26(18-22)34-2;;/h3-9,18,23-25,30H,10-17,19-20H2,1-2H3;2*1H/t23-,24+,25?;;. The summed E-state index contributed by atoms with van der Waals surface area (Å²) in [7, 11) is 0. The second-order valence-corrected chi connectivity index (χ2v) is 11.7. The third kappa shape index (κ3) is 5.07. The number of aryl methyl sites for hydroxylation is 1. The molecule has 196 valence electrons. The van der Waals surface area contributed by atoms with Gasteiger partial charge in [-0.05, 0) is 113 Å². The molecule has 3 aliphatic rings. The predicted molar refractivity (Wildman–Crippen MR) is 157 cm³/mol. The fraction of sp³-hybridized carbons (Fsp3) is 0.552. The number of imidazole rings is 1. The number of para-hydroxylation sites is 2. The first-order chi connectivity index (χ1) is 16.7. The average Bonchev–Trinajstić information content (AvgIpc) is 3.34. The molecular weight excluding hydrogens is 507 g/mol. The molecule has 36 heavy (non-hydrogen) atoms. The normalized spacial score (nSPS) is 25.3. The minimum absolute atomic E-state index is 0. The summed E-state index contributed by atoms with van der Waals surface area (Å²) in [5.74, 6) is 1.18. The topological polar surface area (TPSA) is 33.1 Å². The first kappa shape index (κ1) is 27.8. The SMILES string of the molecule is CSc1cccc(C2(CCN3[C@@H]4CC[C@H]3CC(n3c(C)nc5ccccc53)C4)CCNCC2)c1.Cl.Cl. The van der Waals surface area contributed by atoms with Crippen LogP contribution in [0.25, 0.3) is 11.0 Å². The Morgan fingerprint density at radius 2 is 1.69 bits per heavy atom. The number of halogens is 2. The van der Waals surface area contributed by atoms with Crippen LogP contribution in [0.1, 0.15) is 62.4 Å². The van der Waals surface area contributed by atoms with Crippen molar-refractivity contribution in [1.29, 1.82) is 0 Å². The Labute approximate surface area is 232 Å². The minimum atomic E-state index is 0. The van der Waals surface area contributed by atoms with Gasteiger partial charge in [-0.3, -0.25) is 4.90 Å². The number of hydrogen-bond donors (Lipinski definition) is 1. The Bertz CT molecular complexity index is 1150. The van der Waals surface area contributed by atoms with Gasteiger partial charge in [0.15, 0.2) is 0 Å². The Balaban J connectivity index is 0.00000152. The van der Waals surface area contributed by atoms with Gasteiger partial charge in [0.25, 0.3) is 0 Å². The molecular formula is C29H40Cl2N4S. The average molecular weight is 548 g/mol. The Hall–Kier alpha value is -1.24. The van der Waals surface area contributed by atoms with E-state index < -0.39 is 0 Å². The lowest BCUT2D eigenvalue weighted by molar-refractivity contribution is 0.0929. The lowest BCUT2D eigenvalue weighted by Gasteiger charge is -2.44. The highest BCUT2D eigenvalue weighted by Gasteiger charge is 2.43. The second kappa shape index (κ2) is 11.7. The molecule has 0 saturated carbocycles. The number of thioether (sulfide) groups is 1. The monoisotopic (exact) mass is 546 g/mol. The summed E-state index contributed by atoms with van der Waals surface area (Å²) < 4.78 is 2.56. The molecule has 1 N–H and O–H groups in total. The van der Waals surface area contributed by atoms with Crippen LogP contribution in [0.15, 0.2) is 53.4 Å². The zero-order valence-corrected chi connectivity index (χ0v) is 23.9. The lowest BCUT2D eigenvalue weighted by Crippen LogP contribution is -2.47. The summed E-state index contributed by atoms with van der Waals surface area (Å²) in [5, 5.41) is 3.62. The van der Waals surface area contributed by atoms with Gasteiger partial charge in [0, 0.05) is 23.0 Å². The zero-order valence-electron chi connectivity index (χ0n) is 21.5. The summed E-state index contributed by atoms with van der Waals surface area (Å²) >= 11 is 1.87. The van der Waals surface area contributed by atoms with Crippen molar-refractivity contribution in [3.8, 4) is 0 Å². The number of hydrogen-bond acceptors (Lipinski definition) is 4. The van der Waals surface area contributed by atoms with E-state index in [0.29, 0.717) is 11.5 Å². The highest BCUT2D eigenvalue weighted by Crippen LogP contribution is 2.44. The van der Waals surface area contributed by atoms with Gasteiger partial charge >= 0.3 is 0 Å². The van der Waals surface area contributed by atoms with Crippen LogP contribution in [0, 0.1) is 6.92 Å². The fourth-order valence-electron chi connectivity index (χ4n) is 7.33. The molecule has 0 aliphatic carbocycles. The smallest absolute Gasteiger partial charge is 0.106 e. The first-order valence-corrected chi connectivity index (χ1v) is 14.4. The van der Waals surface area contributed by atoms with Crippen LogP contribution in [0.4, 0.5) is 0 Å². The van der Waals surface area contributed by atoms with E-state index in [4.69, 9.17) is 4.98 Å². The second-order valence-electron chi connectivity index (χ2n) is 10.8. The van der Waals surface area contributed by atoms with E-state index in [-0.39, 0.29) is 24.8 Å². The maximum Gasteiger partial charge on any atom is 0.106 e. The van der Waals surface area contributed by atoms with Crippen LogP contribution in [0.5, 0.6) is 0 Å². The molecule has 2 bridgehead atoms. The number of fused-ring (bicyclic) bond motifs is 3. The van der Waals surface area contributed by atoms with Crippen LogP contribution in [-0.4, -0.2) is 52.4 Å². The molecule has 1 aromatic heterocycles. The van der Waals surface area contributed by atoms with Crippen molar-refractivity contribution in [2.45, 2.75) is 80.3 Å². The van der Waals surface area contributed by atoms with Crippen LogP contribution < -0.4 is 5.32 Å². The molecule has 4 heterocycles. The number of piperidine rings is 2. The van der Waals surface area contributed by atoms with Crippen LogP contribution in [-0.2, 0) is 5.41 Å². The number of benzene rings is 2. The lowest BCUT2D eigenvalue weighted by atomic mass is 9.70. The molecule has 3 aromatic rings. The summed E-state index contributed by atoms with van der Waals surface area (Å²) in [4.78, 5) is 9.19. The first-order valence-electron chi connectivity index (χ1n) is 13.2. The molecule has 2 aromatic carbocycles. The van der Waals surface area contributed by atoms with Gasteiger partial charge in [-0.15, -0.1) is 36.6 Å². The molecule has 4 nitrogen and oxygen atoms in total. The highest BCUT2D eigenvalue weighted by molar-refractivity contribution is 7.98. The van der Waals surface area contributed by atoms with Crippen molar-refractivity contribution in [3.63, 3.8) is 0 Å². The van der Waals surface area contributed by atoms with Gasteiger partial charge in [0.1, 0.15) is 5.82 Å². The summed E-state index contributed by atoms with van der Waals surface area (Å²) in [5.41, 5.74) is 4.36. The summed E-state index contributed by atoms with van der Waals surface area (Å²) in [6, 6.07) is 20.1. The van der Waals surface area contributed by atoms with Gasteiger partial charge < -0.3 is 9.88 Å². The third-order valence-electron chi connectivity index (χ3n) is 9.09. The molecule has 0 radical (unpaired) electrons. The number of aromatic nitrogens is 2. The van der Waals surface area contributed by atoms with Gasteiger partial charge in [-0.2, -0.15) is 0 Å². The quantitative estimate of drug-likeness (QED) is 0.345. The van der Waals surface area contributed by atoms with Crippen molar-refractivity contribution in [2.24, 2.45) is 0 Å². The molecule has 1 unspecified atom stereocenters. The van der Waals surface area contributed by atoms with Crippen molar-refractivity contribution < 1.29 is 0 Å². The molecule has 7 heteroatoms. The van der Waals surface area contributed by atoms with Gasteiger partial charge in [0.2, 0.25) is 0 Å². The van der Waals surface area contributed by atoms with Crippen molar-refractivity contribution in [1.82, 2.24) is 19.8 Å². The van der Waals surface area contributed by atoms with Gasteiger partial charge in [-0.25, -0.2) is 4.98 Å². The maximum absolute atomic E-state index is 4.87. The van der Waals surface area contributed by atoms with E-state index in [9.17, 15) is 0 Å². The third-order valence-corrected chi connectivity index (χ3v) is 9.81. The summed E-state index contributed by atoms with van der Waals surface area (Å²) in [6.45, 7) is 5.73. The highest BCUT2D eigenvalue weighted by atomic mass is 35.5. The largest absolute Gasteiger partial charge is 0.325 e. The molecule has 0 amide bonds. The summed E-state index contributed by atoms with van der Waals surface area (Å²) in [6.07, 6.45) is 11.3. The Morgan fingerprint density at radius 3 is 2.42 bits per heavy atom. The van der Waals surface area contributed by atoms with Crippen LogP contribution >= 0.6 is 36.6 Å². The van der Waals surface area contributed by atoms with Crippen molar-refractivity contribution in [3.05, 3.63) is 59.9 Å². The van der Waals surface area contributed by atoms with Gasteiger partial charge in [0.05, 0.1) is 11.0 Å². The molecule has 6 rings (SSSR count). The molecule has 3 saturated heterocycles. The van der Waals surface area contributed by atoms with E-state index in [1.165, 1.54) is 67.7 Å². The van der Waals surface area contributed by atoms with E-state index in [1.54, 1.807) is 5.56 Å². The molecule has 3 fully saturated rings. The number of nitrogens with one attached hydrogen (secondary N) is 1. The van der Waals surface area contributed by atoms with E-state index in [2.05, 4.69) is 76.5 Å². The van der Waals surface area contributed by atoms with Crippen LogP contribution in [0.2, 0.25) is 0 Å². The fourth-order valence-corrected chi connectivity index (χ4v) is 7.79. The predicted octanol–water partition coefficient (Wildman–Crippen LogP) is 6.79. The van der Waals surface area contributed by atoms with Crippen molar-refractivity contribution in [2.75, 3.05) is 25.9 Å². The van der Waals surface area contributed by atoms with Crippen LogP contribution in [0.3, 0.4) is 0 Å². The Morgan fingerprint density at radius 1 is 0.972 bits per heavy atom. The molecule has 0 spiro atoms. The maximum atomic E-state index is 4.87.